The van der Waals surface area contributed by atoms with Gasteiger partial charge >= 0.3 is 0 Å². The van der Waals surface area contributed by atoms with E-state index in [1.54, 1.807) is 0 Å². The number of hydrogen-bond acceptors (Lipinski definition) is 2. The first kappa shape index (κ1) is 12.2. The fourth-order valence-electron chi connectivity index (χ4n) is 3.67. The first-order chi connectivity index (χ1) is 8.74. The zero-order valence-electron chi connectivity index (χ0n) is 11.2. The zero-order chi connectivity index (χ0) is 12.5. The third kappa shape index (κ3) is 2.33. The predicted octanol–water partition coefficient (Wildman–Crippen LogP) is 2.37. The molecule has 2 aliphatic heterocycles. The Kier molecular flexibility index (Phi) is 3.42. The van der Waals surface area contributed by atoms with Gasteiger partial charge in [0, 0.05) is 24.9 Å². The standard InChI is InChI=1S/C15H23NO2/c1-11-9-13-10-16(8-7-14(13)18-11)15(17)12-5-3-2-4-6-12/h2-3,11-14H,4-10H2,1H3/t11-,12+,13-,14+/m0/s1. The molecule has 0 spiro atoms. The minimum atomic E-state index is 0.242. The molecule has 0 aromatic carbocycles. The Balaban J connectivity index is 1.60. The fraction of sp³-hybridized carbons (Fsp3) is 0.800. The monoisotopic (exact) mass is 249 g/mol. The van der Waals surface area contributed by atoms with Crippen molar-refractivity contribution in [1.82, 2.24) is 4.90 Å². The van der Waals surface area contributed by atoms with Gasteiger partial charge in [-0.15, -0.1) is 0 Å². The number of allylic oxidation sites excluding steroid dienone is 2. The van der Waals surface area contributed by atoms with E-state index in [2.05, 4.69) is 24.0 Å². The number of fused-ring (bicyclic) bond motifs is 1. The first-order valence-electron chi connectivity index (χ1n) is 7.33. The van der Waals surface area contributed by atoms with Crippen LogP contribution in [0.25, 0.3) is 0 Å². The van der Waals surface area contributed by atoms with Crippen LogP contribution in [0.5, 0.6) is 0 Å². The summed E-state index contributed by atoms with van der Waals surface area (Å²) in [5.74, 6) is 1.21. The summed E-state index contributed by atoms with van der Waals surface area (Å²) in [6.45, 7) is 3.97. The van der Waals surface area contributed by atoms with Gasteiger partial charge in [0.05, 0.1) is 12.2 Å². The van der Waals surface area contributed by atoms with E-state index in [4.69, 9.17) is 4.74 Å². The summed E-state index contributed by atoms with van der Waals surface area (Å²) >= 11 is 0. The third-order valence-electron chi connectivity index (χ3n) is 4.64. The summed E-state index contributed by atoms with van der Waals surface area (Å²) in [6.07, 6.45) is 10.4. The highest BCUT2D eigenvalue weighted by Crippen LogP contribution is 2.33. The Bertz CT molecular complexity index is 352. The number of hydrogen-bond donors (Lipinski definition) is 0. The van der Waals surface area contributed by atoms with Crippen LogP contribution in [0.15, 0.2) is 12.2 Å². The van der Waals surface area contributed by atoms with Gasteiger partial charge in [-0.05, 0) is 39.0 Å². The lowest BCUT2D eigenvalue weighted by atomic mass is 9.89. The van der Waals surface area contributed by atoms with E-state index < -0.39 is 0 Å². The van der Waals surface area contributed by atoms with Crippen molar-refractivity contribution in [3.63, 3.8) is 0 Å². The van der Waals surface area contributed by atoms with E-state index in [-0.39, 0.29) is 5.92 Å². The fourth-order valence-corrected chi connectivity index (χ4v) is 3.67. The van der Waals surface area contributed by atoms with Crippen molar-refractivity contribution < 1.29 is 9.53 Å². The quantitative estimate of drug-likeness (QED) is 0.668. The van der Waals surface area contributed by atoms with E-state index in [9.17, 15) is 4.79 Å². The molecule has 0 bridgehead atoms. The highest BCUT2D eigenvalue weighted by atomic mass is 16.5. The average Bonchev–Trinajstić information content (AvgIpc) is 2.78. The van der Waals surface area contributed by atoms with Crippen LogP contribution in [-0.4, -0.2) is 36.1 Å². The predicted molar refractivity (Wildman–Crippen MR) is 70.1 cm³/mol. The molecular weight excluding hydrogens is 226 g/mol. The van der Waals surface area contributed by atoms with Gasteiger partial charge in [-0.1, -0.05) is 12.2 Å². The molecular formula is C15H23NO2. The van der Waals surface area contributed by atoms with Crippen LogP contribution in [0.1, 0.15) is 39.0 Å². The summed E-state index contributed by atoms with van der Waals surface area (Å²) < 4.78 is 5.89. The lowest BCUT2D eigenvalue weighted by Crippen LogP contribution is -2.46. The van der Waals surface area contributed by atoms with Crippen LogP contribution >= 0.6 is 0 Å². The lowest BCUT2D eigenvalue weighted by molar-refractivity contribution is -0.139. The number of amides is 1. The maximum atomic E-state index is 12.5. The average molecular weight is 249 g/mol. The lowest BCUT2D eigenvalue weighted by Gasteiger charge is -2.36. The molecule has 18 heavy (non-hydrogen) atoms. The maximum absolute atomic E-state index is 12.5. The van der Waals surface area contributed by atoms with Crippen molar-refractivity contribution in [1.29, 1.82) is 0 Å². The smallest absolute Gasteiger partial charge is 0.226 e. The van der Waals surface area contributed by atoms with Crippen LogP contribution in [0.4, 0.5) is 0 Å². The normalized spacial score (nSPS) is 39.7. The van der Waals surface area contributed by atoms with Gasteiger partial charge in [0.2, 0.25) is 5.91 Å². The molecule has 0 aromatic heterocycles. The van der Waals surface area contributed by atoms with Crippen LogP contribution in [0, 0.1) is 11.8 Å². The molecule has 1 amide bonds. The Hall–Kier alpha value is -0.830. The second-order valence-corrected chi connectivity index (χ2v) is 6.04. The molecule has 2 saturated heterocycles. The molecule has 100 valence electrons. The first-order valence-corrected chi connectivity index (χ1v) is 7.33. The van der Waals surface area contributed by atoms with Gasteiger partial charge in [0.15, 0.2) is 0 Å². The number of piperidine rings is 1. The van der Waals surface area contributed by atoms with Crippen molar-refractivity contribution in [2.45, 2.75) is 51.2 Å². The molecule has 3 aliphatic rings. The van der Waals surface area contributed by atoms with E-state index in [0.717, 1.165) is 45.2 Å². The number of ether oxygens (including phenoxy) is 1. The minimum Gasteiger partial charge on any atom is -0.375 e. The number of nitrogens with zero attached hydrogens (tertiary/aromatic N) is 1. The molecule has 2 heterocycles. The summed E-state index contributed by atoms with van der Waals surface area (Å²) in [5.41, 5.74) is 0. The molecule has 4 atom stereocenters. The summed E-state index contributed by atoms with van der Waals surface area (Å²) in [4.78, 5) is 14.6. The largest absolute Gasteiger partial charge is 0.375 e. The molecule has 1 aliphatic carbocycles. The molecule has 0 unspecified atom stereocenters. The van der Waals surface area contributed by atoms with Gasteiger partial charge < -0.3 is 9.64 Å². The third-order valence-corrected chi connectivity index (χ3v) is 4.64. The SMILES string of the molecule is C[C@H]1C[C@H]2CN(C(=O)[C@@H]3CC=CCC3)CC[C@H]2O1. The highest BCUT2D eigenvalue weighted by molar-refractivity contribution is 5.79. The maximum Gasteiger partial charge on any atom is 0.226 e. The minimum absolute atomic E-state index is 0.242. The van der Waals surface area contributed by atoms with E-state index in [1.807, 2.05) is 0 Å². The van der Waals surface area contributed by atoms with Crippen molar-refractivity contribution >= 4 is 5.91 Å². The summed E-state index contributed by atoms with van der Waals surface area (Å²) in [6, 6.07) is 0. The van der Waals surface area contributed by atoms with Crippen LogP contribution < -0.4 is 0 Å². The Morgan fingerprint density at radius 1 is 1.33 bits per heavy atom. The van der Waals surface area contributed by atoms with Crippen LogP contribution in [0.2, 0.25) is 0 Å². The van der Waals surface area contributed by atoms with Gasteiger partial charge in [-0.2, -0.15) is 0 Å². The summed E-state index contributed by atoms with van der Waals surface area (Å²) in [5, 5.41) is 0. The van der Waals surface area contributed by atoms with E-state index in [1.165, 1.54) is 0 Å². The number of likely N-dealkylation sites (tertiary alicyclic amines) is 1. The Morgan fingerprint density at radius 2 is 2.22 bits per heavy atom. The number of carbonyl (C=O) groups excluding carboxylic acids is 1. The number of rotatable bonds is 1. The van der Waals surface area contributed by atoms with Gasteiger partial charge in [0.25, 0.3) is 0 Å². The Morgan fingerprint density at radius 3 is 3.00 bits per heavy atom. The summed E-state index contributed by atoms with van der Waals surface area (Å²) in [7, 11) is 0. The molecule has 2 fully saturated rings. The molecule has 0 saturated carbocycles. The van der Waals surface area contributed by atoms with Crippen molar-refractivity contribution in [2.75, 3.05) is 13.1 Å². The molecule has 3 heteroatoms. The van der Waals surface area contributed by atoms with Crippen LogP contribution in [0.3, 0.4) is 0 Å². The van der Waals surface area contributed by atoms with Crippen molar-refractivity contribution in [3.05, 3.63) is 12.2 Å². The molecule has 0 N–H and O–H groups in total. The van der Waals surface area contributed by atoms with Crippen molar-refractivity contribution in [2.24, 2.45) is 11.8 Å². The van der Waals surface area contributed by atoms with Gasteiger partial charge in [-0.25, -0.2) is 0 Å². The van der Waals surface area contributed by atoms with E-state index >= 15 is 0 Å². The van der Waals surface area contributed by atoms with Crippen LogP contribution in [-0.2, 0) is 9.53 Å². The van der Waals surface area contributed by atoms with Gasteiger partial charge in [-0.3, -0.25) is 4.79 Å². The molecule has 3 nitrogen and oxygen atoms in total. The molecule has 3 rings (SSSR count). The topological polar surface area (TPSA) is 29.5 Å². The second-order valence-electron chi connectivity index (χ2n) is 6.04. The van der Waals surface area contributed by atoms with Gasteiger partial charge in [0.1, 0.15) is 0 Å². The molecule has 0 aromatic rings. The second kappa shape index (κ2) is 5.04. The van der Waals surface area contributed by atoms with E-state index in [0.29, 0.717) is 24.0 Å². The highest BCUT2D eigenvalue weighted by Gasteiger charge is 2.39. The Labute approximate surface area is 109 Å². The molecule has 0 radical (unpaired) electrons. The van der Waals surface area contributed by atoms with Crippen molar-refractivity contribution in [3.8, 4) is 0 Å². The zero-order valence-corrected chi connectivity index (χ0v) is 11.2. The number of carbonyl (C=O) groups is 1.